The van der Waals surface area contributed by atoms with Crippen LogP contribution in [0.5, 0.6) is 5.75 Å². The van der Waals surface area contributed by atoms with Crippen molar-refractivity contribution in [3.05, 3.63) is 65.2 Å². The number of aryl methyl sites for hydroxylation is 1. The van der Waals surface area contributed by atoms with Gasteiger partial charge in [-0.05, 0) is 48.4 Å². The van der Waals surface area contributed by atoms with Gasteiger partial charge in [0.25, 0.3) is 0 Å². The maximum atomic E-state index is 11.5. The standard InChI is InChI=1S/C20H19NO3S/c1-13-10-19(21-18-11-16(23-2)8-9-17(13)18)25-12-14-4-6-15(7-5-14)20(22)24-3/h4-11H,12H2,1-3H3. The summed E-state index contributed by atoms with van der Waals surface area (Å²) in [6.45, 7) is 2.09. The molecule has 0 bridgehead atoms. The fourth-order valence-electron chi connectivity index (χ4n) is 2.56. The molecule has 0 N–H and O–H groups in total. The molecule has 0 saturated heterocycles. The molecule has 2 aromatic carbocycles. The number of rotatable bonds is 5. The number of thioether (sulfide) groups is 1. The van der Waals surface area contributed by atoms with E-state index in [-0.39, 0.29) is 5.97 Å². The Morgan fingerprint density at radius 2 is 1.84 bits per heavy atom. The van der Waals surface area contributed by atoms with Crippen LogP contribution in [-0.4, -0.2) is 25.2 Å². The zero-order chi connectivity index (χ0) is 17.8. The Balaban J connectivity index is 1.77. The topological polar surface area (TPSA) is 48.4 Å². The van der Waals surface area contributed by atoms with Gasteiger partial charge in [-0.2, -0.15) is 0 Å². The van der Waals surface area contributed by atoms with E-state index in [9.17, 15) is 4.79 Å². The number of ether oxygens (including phenoxy) is 2. The second-order valence-electron chi connectivity index (χ2n) is 5.64. The third-order valence-electron chi connectivity index (χ3n) is 3.96. The zero-order valence-corrected chi connectivity index (χ0v) is 15.2. The molecule has 0 fully saturated rings. The summed E-state index contributed by atoms with van der Waals surface area (Å²) in [6.07, 6.45) is 0. The lowest BCUT2D eigenvalue weighted by Gasteiger charge is -2.08. The molecule has 0 radical (unpaired) electrons. The van der Waals surface area contributed by atoms with Gasteiger partial charge >= 0.3 is 5.97 Å². The summed E-state index contributed by atoms with van der Waals surface area (Å²) in [5.41, 5.74) is 3.81. The number of hydrogen-bond donors (Lipinski definition) is 0. The molecule has 0 aliphatic heterocycles. The van der Waals surface area contributed by atoms with Gasteiger partial charge in [0.15, 0.2) is 0 Å². The van der Waals surface area contributed by atoms with Gasteiger partial charge in [0.1, 0.15) is 5.75 Å². The highest BCUT2D eigenvalue weighted by Crippen LogP contribution is 2.28. The number of fused-ring (bicyclic) bond motifs is 1. The van der Waals surface area contributed by atoms with E-state index in [1.54, 1.807) is 31.0 Å². The maximum absolute atomic E-state index is 11.5. The number of carbonyl (C=O) groups is 1. The van der Waals surface area contributed by atoms with Crippen molar-refractivity contribution in [3.63, 3.8) is 0 Å². The summed E-state index contributed by atoms with van der Waals surface area (Å²) in [5.74, 6) is 1.27. The molecule has 1 aromatic heterocycles. The van der Waals surface area contributed by atoms with E-state index in [0.29, 0.717) is 5.56 Å². The number of methoxy groups -OCH3 is 2. The van der Waals surface area contributed by atoms with Gasteiger partial charge in [0, 0.05) is 17.2 Å². The third-order valence-corrected chi connectivity index (χ3v) is 4.94. The number of benzene rings is 2. The van der Waals surface area contributed by atoms with E-state index in [2.05, 4.69) is 13.0 Å². The van der Waals surface area contributed by atoms with Crippen molar-refractivity contribution in [2.75, 3.05) is 14.2 Å². The second kappa shape index (κ2) is 7.57. The third kappa shape index (κ3) is 3.94. The van der Waals surface area contributed by atoms with Gasteiger partial charge in [0.2, 0.25) is 0 Å². The van der Waals surface area contributed by atoms with E-state index in [4.69, 9.17) is 14.5 Å². The van der Waals surface area contributed by atoms with Gasteiger partial charge < -0.3 is 9.47 Å². The van der Waals surface area contributed by atoms with E-state index in [0.717, 1.165) is 33.0 Å². The average molecular weight is 353 g/mol. The van der Waals surface area contributed by atoms with Crippen LogP contribution < -0.4 is 4.74 Å². The van der Waals surface area contributed by atoms with Crippen molar-refractivity contribution in [2.45, 2.75) is 17.7 Å². The van der Waals surface area contributed by atoms with Crippen molar-refractivity contribution < 1.29 is 14.3 Å². The van der Waals surface area contributed by atoms with E-state index in [1.807, 2.05) is 30.3 Å². The number of pyridine rings is 1. The van der Waals surface area contributed by atoms with Crippen LogP contribution in [-0.2, 0) is 10.5 Å². The fraction of sp³-hybridized carbons (Fsp3) is 0.200. The number of esters is 1. The largest absolute Gasteiger partial charge is 0.497 e. The predicted octanol–water partition coefficient (Wildman–Crippen LogP) is 4.63. The minimum absolute atomic E-state index is 0.319. The van der Waals surface area contributed by atoms with Crippen LogP contribution >= 0.6 is 11.8 Å². The lowest BCUT2D eigenvalue weighted by molar-refractivity contribution is 0.0600. The smallest absolute Gasteiger partial charge is 0.337 e. The minimum Gasteiger partial charge on any atom is -0.497 e. The Kier molecular flexibility index (Phi) is 5.24. The fourth-order valence-corrected chi connectivity index (χ4v) is 3.49. The first kappa shape index (κ1) is 17.3. The predicted molar refractivity (Wildman–Crippen MR) is 100 cm³/mol. The van der Waals surface area contributed by atoms with Crippen LogP contribution in [0.2, 0.25) is 0 Å². The highest BCUT2D eigenvalue weighted by molar-refractivity contribution is 7.98. The summed E-state index contributed by atoms with van der Waals surface area (Å²) in [4.78, 5) is 16.2. The Bertz CT molecular complexity index is 907. The molecule has 1 heterocycles. The number of carbonyl (C=O) groups excluding carboxylic acids is 1. The molecule has 0 amide bonds. The van der Waals surface area contributed by atoms with Crippen LogP contribution in [0, 0.1) is 6.92 Å². The monoisotopic (exact) mass is 353 g/mol. The quantitative estimate of drug-likeness (QED) is 0.494. The molecule has 0 saturated carbocycles. The van der Waals surface area contributed by atoms with E-state index < -0.39 is 0 Å². The highest BCUT2D eigenvalue weighted by atomic mass is 32.2. The van der Waals surface area contributed by atoms with Gasteiger partial charge in [-0.25, -0.2) is 9.78 Å². The van der Waals surface area contributed by atoms with E-state index >= 15 is 0 Å². The van der Waals surface area contributed by atoms with Crippen molar-refractivity contribution >= 4 is 28.6 Å². The molecule has 0 atom stereocenters. The SMILES string of the molecule is COC(=O)c1ccc(CSc2cc(C)c3ccc(OC)cc3n2)cc1. The number of hydrogen-bond acceptors (Lipinski definition) is 5. The Hall–Kier alpha value is -2.53. The molecule has 0 unspecified atom stereocenters. The van der Waals surface area contributed by atoms with Crippen LogP contribution in [0.3, 0.4) is 0 Å². The zero-order valence-electron chi connectivity index (χ0n) is 14.4. The first-order valence-electron chi connectivity index (χ1n) is 7.86. The van der Waals surface area contributed by atoms with Crippen molar-refractivity contribution in [2.24, 2.45) is 0 Å². The maximum Gasteiger partial charge on any atom is 0.337 e. The van der Waals surface area contributed by atoms with Crippen molar-refractivity contribution in [1.82, 2.24) is 4.98 Å². The molecule has 3 rings (SSSR count). The first-order valence-corrected chi connectivity index (χ1v) is 8.84. The lowest BCUT2D eigenvalue weighted by atomic mass is 10.1. The number of aromatic nitrogens is 1. The molecular formula is C20H19NO3S. The van der Waals surface area contributed by atoms with Gasteiger partial charge in [0.05, 0.1) is 30.3 Å². The van der Waals surface area contributed by atoms with E-state index in [1.165, 1.54) is 12.7 Å². The van der Waals surface area contributed by atoms with Gasteiger partial charge in [-0.1, -0.05) is 12.1 Å². The molecule has 4 nitrogen and oxygen atoms in total. The summed E-state index contributed by atoms with van der Waals surface area (Å²) in [5, 5.41) is 2.10. The van der Waals surface area contributed by atoms with Crippen LogP contribution in [0.1, 0.15) is 21.5 Å². The summed E-state index contributed by atoms with van der Waals surface area (Å²) in [6, 6.07) is 15.5. The van der Waals surface area contributed by atoms with Crippen LogP contribution in [0.4, 0.5) is 0 Å². The number of nitrogens with zero attached hydrogens (tertiary/aromatic N) is 1. The summed E-state index contributed by atoms with van der Waals surface area (Å²) < 4.78 is 10.0. The molecular weight excluding hydrogens is 334 g/mol. The van der Waals surface area contributed by atoms with Gasteiger partial charge in [-0.3, -0.25) is 0 Å². The average Bonchev–Trinajstić information content (AvgIpc) is 2.65. The molecule has 25 heavy (non-hydrogen) atoms. The molecule has 3 aromatic rings. The molecule has 0 aliphatic rings. The second-order valence-corrected chi connectivity index (χ2v) is 6.63. The molecule has 0 aliphatic carbocycles. The van der Waals surface area contributed by atoms with Gasteiger partial charge in [-0.15, -0.1) is 11.8 Å². The minimum atomic E-state index is -0.319. The molecule has 128 valence electrons. The van der Waals surface area contributed by atoms with Crippen molar-refractivity contribution in [1.29, 1.82) is 0 Å². The first-order chi connectivity index (χ1) is 12.1. The Labute approximate surface area is 151 Å². The Morgan fingerprint density at radius 3 is 2.52 bits per heavy atom. The van der Waals surface area contributed by atoms with Crippen molar-refractivity contribution in [3.8, 4) is 5.75 Å². The van der Waals surface area contributed by atoms with Crippen LogP contribution in [0.25, 0.3) is 10.9 Å². The normalized spacial score (nSPS) is 10.7. The van der Waals surface area contributed by atoms with Crippen LogP contribution in [0.15, 0.2) is 53.6 Å². The highest BCUT2D eigenvalue weighted by Gasteiger charge is 2.07. The molecule has 5 heteroatoms. The summed E-state index contributed by atoms with van der Waals surface area (Å²) >= 11 is 1.67. The Morgan fingerprint density at radius 1 is 1.08 bits per heavy atom. The lowest BCUT2D eigenvalue weighted by Crippen LogP contribution is -2.00. The molecule has 0 spiro atoms. The summed E-state index contributed by atoms with van der Waals surface area (Å²) in [7, 11) is 3.04.